The van der Waals surface area contributed by atoms with Gasteiger partial charge in [0.2, 0.25) is 0 Å². The molecule has 1 aliphatic heterocycles. The third-order valence-electron chi connectivity index (χ3n) is 2.84. The third-order valence-corrected chi connectivity index (χ3v) is 2.84. The molecule has 1 amide bonds. The minimum Gasteiger partial charge on any atom is -0.447 e. The van der Waals surface area contributed by atoms with Crippen LogP contribution in [0.5, 0.6) is 0 Å². The van der Waals surface area contributed by atoms with Crippen molar-refractivity contribution in [3.8, 4) is 0 Å². The number of rotatable bonds is 5. The van der Waals surface area contributed by atoms with E-state index in [0.29, 0.717) is 12.8 Å². The summed E-state index contributed by atoms with van der Waals surface area (Å²) in [6, 6.07) is 0. The van der Waals surface area contributed by atoms with Gasteiger partial charge < -0.3 is 15.2 Å². The smallest absolute Gasteiger partial charge is 0.339 e. The molecule has 5 nitrogen and oxygen atoms in total. The van der Waals surface area contributed by atoms with E-state index >= 15 is 0 Å². The molecule has 0 bridgehead atoms. The number of nitrogens with two attached hydrogens (primary N) is 1. The quantitative estimate of drug-likeness (QED) is 0.519. The molecule has 1 saturated carbocycles. The highest BCUT2D eigenvalue weighted by atomic mass is 16.6. The third kappa shape index (κ3) is 1.97. The summed E-state index contributed by atoms with van der Waals surface area (Å²) in [6.45, 7) is 2.02. The summed E-state index contributed by atoms with van der Waals surface area (Å²) in [4.78, 5) is 22.5. The number of carbonyl (C=O) groups is 2. The van der Waals surface area contributed by atoms with Gasteiger partial charge in [0.1, 0.15) is 0 Å². The number of carbonyl (C=O) groups excluding carboxylic acids is 2. The fourth-order valence-electron chi connectivity index (χ4n) is 1.62. The number of esters is 1. The number of hydrogen-bond donors (Lipinski definition) is 1. The topological polar surface area (TPSA) is 81.9 Å². The molecular formula is C10H15NO4. The summed E-state index contributed by atoms with van der Waals surface area (Å²) < 4.78 is 10.2. The molecule has 2 rings (SSSR count). The molecule has 2 atom stereocenters. The standard InChI is InChI=1S/C10H15NO4/c1-2-3-6-7(14-6)8(12)15-10(4-5-10)9(11)13/h6-7H,2-5H2,1H3,(H2,11,13). The molecular weight excluding hydrogens is 198 g/mol. The van der Waals surface area contributed by atoms with E-state index in [9.17, 15) is 9.59 Å². The van der Waals surface area contributed by atoms with E-state index in [1.165, 1.54) is 0 Å². The van der Waals surface area contributed by atoms with E-state index in [0.717, 1.165) is 12.8 Å². The van der Waals surface area contributed by atoms with Crippen molar-refractivity contribution in [2.45, 2.75) is 50.4 Å². The molecule has 0 aromatic rings. The SMILES string of the molecule is CCCC1OC1C(=O)OC1(C(N)=O)CC1. The molecule has 2 aliphatic rings. The molecule has 2 unspecified atom stereocenters. The van der Waals surface area contributed by atoms with Crippen LogP contribution in [-0.2, 0) is 19.1 Å². The van der Waals surface area contributed by atoms with E-state index in [1.807, 2.05) is 6.92 Å². The van der Waals surface area contributed by atoms with Gasteiger partial charge in [0.25, 0.3) is 5.91 Å². The Morgan fingerprint density at radius 3 is 2.67 bits per heavy atom. The molecule has 84 valence electrons. The maximum atomic E-state index is 11.5. The van der Waals surface area contributed by atoms with E-state index in [1.54, 1.807) is 0 Å². The highest BCUT2D eigenvalue weighted by Crippen LogP contribution is 2.41. The first-order chi connectivity index (χ1) is 7.09. The number of hydrogen-bond acceptors (Lipinski definition) is 4. The summed E-state index contributed by atoms with van der Waals surface area (Å²) in [5, 5.41) is 0. The van der Waals surface area contributed by atoms with E-state index < -0.39 is 23.6 Å². The summed E-state index contributed by atoms with van der Waals surface area (Å²) in [7, 11) is 0. The van der Waals surface area contributed by atoms with Crippen LogP contribution in [0, 0.1) is 0 Å². The first kappa shape index (κ1) is 10.4. The Labute approximate surface area is 87.9 Å². The van der Waals surface area contributed by atoms with Crippen LogP contribution < -0.4 is 5.73 Å². The van der Waals surface area contributed by atoms with Gasteiger partial charge >= 0.3 is 5.97 Å². The van der Waals surface area contributed by atoms with Gasteiger partial charge in [-0.2, -0.15) is 0 Å². The van der Waals surface area contributed by atoms with E-state index in [2.05, 4.69) is 0 Å². The van der Waals surface area contributed by atoms with Crippen molar-refractivity contribution < 1.29 is 19.1 Å². The fourth-order valence-corrected chi connectivity index (χ4v) is 1.62. The predicted octanol–water partition coefficient (Wildman–Crippen LogP) is 0.115. The zero-order valence-corrected chi connectivity index (χ0v) is 8.69. The molecule has 1 saturated heterocycles. The van der Waals surface area contributed by atoms with E-state index in [4.69, 9.17) is 15.2 Å². The lowest BCUT2D eigenvalue weighted by Crippen LogP contribution is -2.36. The van der Waals surface area contributed by atoms with Gasteiger partial charge in [0, 0.05) is 12.8 Å². The van der Waals surface area contributed by atoms with Crippen molar-refractivity contribution in [2.75, 3.05) is 0 Å². The lowest BCUT2D eigenvalue weighted by Gasteiger charge is -2.11. The number of amides is 1. The minimum atomic E-state index is -1.01. The first-order valence-electron chi connectivity index (χ1n) is 5.27. The molecule has 2 N–H and O–H groups in total. The lowest BCUT2D eigenvalue weighted by atomic mass is 10.2. The van der Waals surface area contributed by atoms with Crippen LogP contribution in [0.15, 0.2) is 0 Å². The van der Waals surface area contributed by atoms with Crippen molar-refractivity contribution in [2.24, 2.45) is 5.73 Å². The van der Waals surface area contributed by atoms with Crippen LogP contribution in [0.1, 0.15) is 32.6 Å². The average Bonchev–Trinajstić information content (AvgIpc) is 2.99. The summed E-state index contributed by atoms with van der Waals surface area (Å²) in [6.07, 6.45) is 2.41. The molecule has 0 aromatic carbocycles. The van der Waals surface area contributed by atoms with Crippen LogP contribution in [0.4, 0.5) is 0 Å². The first-order valence-corrected chi connectivity index (χ1v) is 5.27. The van der Waals surface area contributed by atoms with Gasteiger partial charge in [-0.1, -0.05) is 13.3 Å². The Balaban J connectivity index is 1.82. The largest absolute Gasteiger partial charge is 0.447 e. The van der Waals surface area contributed by atoms with Crippen molar-refractivity contribution in [3.05, 3.63) is 0 Å². The van der Waals surface area contributed by atoms with Gasteiger partial charge in [0.15, 0.2) is 11.7 Å². The number of primary amides is 1. The molecule has 0 radical (unpaired) electrons. The Kier molecular flexibility index (Phi) is 2.42. The zero-order valence-electron chi connectivity index (χ0n) is 8.69. The van der Waals surface area contributed by atoms with Crippen molar-refractivity contribution in [1.82, 2.24) is 0 Å². The van der Waals surface area contributed by atoms with Gasteiger partial charge in [-0.15, -0.1) is 0 Å². The summed E-state index contributed by atoms with van der Waals surface area (Å²) >= 11 is 0. The van der Waals surface area contributed by atoms with Crippen molar-refractivity contribution >= 4 is 11.9 Å². The van der Waals surface area contributed by atoms with Gasteiger partial charge in [-0.3, -0.25) is 4.79 Å². The molecule has 15 heavy (non-hydrogen) atoms. The highest BCUT2D eigenvalue weighted by Gasteiger charge is 2.56. The van der Waals surface area contributed by atoms with Crippen LogP contribution in [0.3, 0.4) is 0 Å². The van der Waals surface area contributed by atoms with Crippen LogP contribution in [0.25, 0.3) is 0 Å². The second-order valence-corrected chi connectivity index (χ2v) is 4.16. The van der Waals surface area contributed by atoms with E-state index in [-0.39, 0.29) is 6.10 Å². The number of epoxide rings is 1. The Morgan fingerprint density at radius 1 is 1.53 bits per heavy atom. The second-order valence-electron chi connectivity index (χ2n) is 4.16. The second kappa shape index (κ2) is 3.48. The molecule has 1 heterocycles. The summed E-state index contributed by atoms with van der Waals surface area (Å²) in [5.74, 6) is -0.992. The summed E-state index contributed by atoms with van der Waals surface area (Å²) in [5.41, 5.74) is 4.12. The molecule has 1 aliphatic carbocycles. The van der Waals surface area contributed by atoms with Crippen molar-refractivity contribution in [1.29, 1.82) is 0 Å². The maximum absolute atomic E-state index is 11.5. The fraction of sp³-hybridized carbons (Fsp3) is 0.800. The van der Waals surface area contributed by atoms with Crippen molar-refractivity contribution in [3.63, 3.8) is 0 Å². The monoisotopic (exact) mass is 213 g/mol. The Bertz CT molecular complexity index is 298. The zero-order chi connectivity index (χ0) is 11.1. The van der Waals surface area contributed by atoms with Crippen LogP contribution in [-0.4, -0.2) is 29.7 Å². The minimum absolute atomic E-state index is 0.0221. The Hall–Kier alpha value is -1.10. The normalized spacial score (nSPS) is 30.7. The van der Waals surface area contributed by atoms with Crippen LogP contribution >= 0.6 is 0 Å². The molecule has 2 fully saturated rings. The molecule has 0 aromatic heterocycles. The lowest BCUT2D eigenvalue weighted by molar-refractivity contribution is -0.158. The van der Waals surface area contributed by atoms with Gasteiger partial charge in [-0.25, -0.2) is 4.79 Å². The number of ether oxygens (including phenoxy) is 2. The van der Waals surface area contributed by atoms with Gasteiger partial charge in [-0.05, 0) is 6.42 Å². The van der Waals surface area contributed by atoms with Crippen LogP contribution in [0.2, 0.25) is 0 Å². The molecule has 5 heteroatoms. The Morgan fingerprint density at radius 2 is 2.20 bits per heavy atom. The maximum Gasteiger partial charge on any atom is 0.339 e. The molecule has 0 spiro atoms. The average molecular weight is 213 g/mol. The van der Waals surface area contributed by atoms with Gasteiger partial charge in [0.05, 0.1) is 6.10 Å². The highest BCUT2D eigenvalue weighted by molar-refractivity contribution is 5.90. The predicted molar refractivity (Wildman–Crippen MR) is 50.8 cm³/mol.